The van der Waals surface area contributed by atoms with Crippen LogP contribution < -0.4 is 5.73 Å². The summed E-state index contributed by atoms with van der Waals surface area (Å²) in [6.07, 6.45) is 12.5. The van der Waals surface area contributed by atoms with Gasteiger partial charge in [-0.2, -0.15) is 0 Å². The molecule has 0 radical (unpaired) electrons. The first-order chi connectivity index (χ1) is 29.3. The van der Waals surface area contributed by atoms with Crippen molar-refractivity contribution in [2.75, 3.05) is 0 Å². The molecule has 11 N–H and O–H groups in total. The molecule has 15 heteroatoms. The quantitative estimate of drug-likeness (QED) is 0.179. The van der Waals surface area contributed by atoms with Crippen molar-refractivity contribution in [1.29, 1.82) is 0 Å². The third-order valence-corrected chi connectivity index (χ3v) is 12.0. The summed E-state index contributed by atoms with van der Waals surface area (Å²) in [5, 5.41) is 97.2. The number of aliphatic hydroxyl groups is 9. The summed E-state index contributed by atoms with van der Waals surface area (Å²) in [5.41, 5.74) is 6.06. The minimum Gasteiger partial charge on any atom is -0.462 e. The fourth-order valence-electron chi connectivity index (χ4n) is 7.83. The third-order valence-electron chi connectivity index (χ3n) is 12.0. The molecule has 3 aliphatic rings. The number of allylic oxidation sites excluding steroid dienone is 12. The first kappa shape index (κ1) is 53.5. The lowest BCUT2D eigenvalue weighted by Gasteiger charge is -2.45. The van der Waals surface area contributed by atoms with Crippen molar-refractivity contribution >= 4 is 5.97 Å². The average Bonchev–Trinajstić information content (AvgIpc) is 3.19. The highest BCUT2D eigenvalue weighted by Crippen LogP contribution is 2.37. The predicted octanol–water partition coefficient (Wildman–Crippen LogP) is 2.68. The SMILES string of the molecule is CC1OC(O[C@H]2/C=C/C=C/C=C/C=C/C=C/C=C/C=C/[C@H](C)[C@@H](O)[C@@H](C)[C@H](C)OC(=O)C[C@H](O)C[C@H](O)C[C@H](O)CCC[C@H](O)C[C@]3(O)C[C@H](O)C(C)C(C2)O3)C(O)C(N)C1O. The number of carbonyl (C=O) groups is 1. The molecule has 0 aromatic heterocycles. The van der Waals surface area contributed by atoms with Crippen molar-refractivity contribution < 1.29 is 69.7 Å². The highest BCUT2D eigenvalue weighted by Gasteiger charge is 2.47. The molecule has 7 unspecified atom stereocenters. The molecule has 0 spiro atoms. The van der Waals surface area contributed by atoms with E-state index in [0.717, 1.165) is 0 Å². The maximum Gasteiger partial charge on any atom is 0.308 e. The van der Waals surface area contributed by atoms with E-state index in [9.17, 15) is 50.8 Å². The fraction of sp³-hybridized carbons (Fsp3) is 0.681. The van der Waals surface area contributed by atoms with Crippen LogP contribution in [0.15, 0.2) is 85.1 Å². The second-order valence-corrected chi connectivity index (χ2v) is 17.4. The lowest BCUT2D eigenvalue weighted by atomic mass is 9.84. The van der Waals surface area contributed by atoms with Crippen molar-refractivity contribution in [1.82, 2.24) is 0 Å². The molecule has 0 aromatic carbocycles. The summed E-state index contributed by atoms with van der Waals surface area (Å²) in [4.78, 5) is 12.6. The Morgan fingerprint density at radius 3 is 1.79 bits per heavy atom. The van der Waals surface area contributed by atoms with Crippen LogP contribution >= 0.6 is 0 Å². The molecular weight excluding hydrogens is 803 g/mol. The smallest absolute Gasteiger partial charge is 0.308 e. The molecule has 2 fully saturated rings. The Balaban J connectivity index is 1.78. The molecule has 2 bridgehead atoms. The molecule has 3 aliphatic heterocycles. The maximum absolute atomic E-state index is 12.6. The van der Waals surface area contributed by atoms with Crippen LogP contribution in [0.2, 0.25) is 0 Å². The number of rotatable bonds is 2. The van der Waals surface area contributed by atoms with Crippen LogP contribution in [-0.4, -0.2) is 143 Å². The summed E-state index contributed by atoms with van der Waals surface area (Å²) >= 11 is 0. The minimum absolute atomic E-state index is 0.0763. The second kappa shape index (κ2) is 26.8. The van der Waals surface area contributed by atoms with E-state index in [2.05, 4.69) is 0 Å². The third kappa shape index (κ3) is 18.3. The summed E-state index contributed by atoms with van der Waals surface area (Å²) in [6, 6.07) is -1.02. The Hall–Kier alpha value is -2.87. The summed E-state index contributed by atoms with van der Waals surface area (Å²) in [5.74, 6) is -3.69. The average molecular weight is 878 g/mol. The van der Waals surface area contributed by atoms with Crippen LogP contribution in [0.25, 0.3) is 0 Å². The molecule has 18 atom stereocenters. The lowest BCUT2D eigenvalue weighted by Crippen LogP contribution is -2.61. The Kier molecular flexibility index (Phi) is 23.1. The highest BCUT2D eigenvalue weighted by molar-refractivity contribution is 5.70. The number of ether oxygens (including phenoxy) is 4. The zero-order valence-electron chi connectivity index (χ0n) is 36.9. The first-order valence-corrected chi connectivity index (χ1v) is 22.1. The van der Waals surface area contributed by atoms with Crippen molar-refractivity contribution in [3.8, 4) is 0 Å². The van der Waals surface area contributed by atoms with Gasteiger partial charge in [0, 0.05) is 37.0 Å². The van der Waals surface area contributed by atoms with E-state index in [-0.39, 0.29) is 57.3 Å². The van der Waals surface area contributed by atoms with E-state index < -0.39 is 109 Å². The van der Waals surface area contributed by atoms with E-state index in [0.29, 0.717) is 6.42 Å². The number of aliphatic hydroxyl groups excluding tert-OH is 8. The molecule has 0 amide bonds. The van der Waals surface area contributed by atoms with Crippen LogP contribution in [0.3, 0.4) is 0 Å². The first-order valence-electron chi connectivity index (χ1n) is 22.1. The van der Waals surface area contributed by atoms with Gasteiger partial charge in [-0.3, -0.25) is 4.79 Å². The predicted molar refractivity (Wildman–Crippen MR) is 234 cm³/mol. The van der Waals surface area contributed by atoms with Gasteiger partial charge < -0.3 is 70.6 Å². The van der Waals surface area contributed by atoms with Gasteiger partial charge in [0.15, 0.2) is 12.1 Å². The van der Waals surface area contributed by atoms with Gasteiger partial charge in [0.2, 0.25) is 0 Å². The van der Waals surface area contributed by atoms with Gasteiger partial charge in [0.05, 0.1) is 73.5 Å². The Labute approximate surface area is 367 Å². The van der Waals surface area contributed by atoms with Crippen molar-refractivity contribution in [3.63, 3.8) is 0 Å². The van der Waals surface area contributed by atoms with E-state index >= 15 is 0 Å². The fourth-order valence-corrected chi connectivity index (χ4v) is 7.83. The van der Waals surface area contributed by atoms with Crippen LogP contribution in [0.5, 0.6) is 0 Å². The number of esters is 1. The lowest BCUT2D eigenvalue weighted by molar-refractivity contribution is -0.308. The molecule has 0 aliphatic carbocycles. The van der Waals surface area contributed by atoms with Gasteiger partial charge in [-0.25, -0.2) is 0 Å². The number of fused-ring (bicyclic) bond motifs is 2. The van der Waals surface area contributed by atoms with Crippen molar-refractivity contribution in [2.45, 2.75) is 184 Å². The van der Waals surface area contributed by atoms with Gasteiger partial charge in [0.25, 0.3) is 0 Å². The maximum atomic E-state index is 12.6. The zero-order valence-corrected chi connectivity index (χ0v) is 36.9. The molecule has 62 heavy (non-hydrogen) atoms. The molecular formula is C47H75NO14. The van der Waals surface area contributed by atoms with Gasteiger partial charge in [-0.05, 0) is 46.0 Å². The van der Waals surface area contributed by atoms with Gasteiger partial charge in [-0.15, -0.1) is 0 Å². The highest BCUT2D eigenvalue weighted by atomic mass is 16.7. The number of carbonyl (C=O) groups excluding carboxylic acids is 1. The summed E-state index contributed by atoms with van der Waals surface area (Å²) in [6.45, 7) is 8.71. The zero-order chi connectivity index (χ0) is 46.0. The second-order valence-electron chi connectivity index (χ2n) is 17.4. The molecule has 0 aromatic rings. The van der Waals surface area contributed by atoms with E-state index in [4.69, 9.17) is 24.7 Å². The van der Waals surface area contributed by atoms with E-state index in [1.807, 2.05) is 67.7 Å². The van der Waals surface area contributed by atoms with E-state index in [1.165, 1.54) is 0 Å². The molecule has 352 valence electrons. The number of hydrogen-bond donors (Lipinski definition) is 10. The van der Waals surface area contributed by atoms with Gasteiger partial charge in [0.1, 0.15) is 12.2 Å². The number of nitrogens with two attached hydrogens (primary N) is 1. The molecule has 3 rings (SSSR count). The molecule has 15 nitrogen and oxygen atoms in total. The van der Waals surface area contributed by atoms with Gasteiger partial charge >= 0.3 is 5.97 Å². The topological polar surface area (TPSA) is 262 Å². The van der Waals surface area contributed by atoms with Crippen LogP contribution in [0.4, 0.5) is 0 Å². The summed E-state index contributed by atoms with van der Waals surface area (Å²) in [7, 11) is 0. The molecule has 0 saturated carbocycles. The molecule has 2 saturated heterocycles. The van der Waals surface area contributed by atoms with Crippen LogP contribution in [-0.2, 0) is 23.7 Å². The Morgan fingerprint density at radius 2 is 1.18 bits per heavy atom. The Morgan fingerprint density at radius 1 is 0.629 bits per heavy atom. The monoisotopic (exact) mass is 878 g/mol. The number of cyclic esters (lactones) is 1. The summed E-state index contributed by atoms with van der Waals surface area (Å²) < 4.78 is 23.7. The molecule has 3 heterocycles. The largest absolute Gasteiger partial charge is 0.462 e. The van der Waals surface area contributed by atoms with Gasteiger partial charge in [-0.1, -0.05) is 106 Å². The number of hydrogen-bond acceptors (Lipinski definition) is 15. The van der Waals surface area contributed by atoms with Crippen molar-refractivity contribution in [2.24, 2.45) is 23.5 Å². The minimum atomic E-state index is -1.90. The van der Waals surface area contributed by atoms with E-state index in [1.54, 1.807) is 52.0 Å². The normalized spacial score (nSPS) is 46.0. The standard InChI is InChI=1S/C47H75NO14/c1-29-19-16-14-12-10-8-6-7-9-11-13-15-17-22-38(61-46-45(57)42(48)44(56)33(5)60-46)26-40-31(3)39(53)28-47(58,62-40)27-35(50)21-18-20-34(49)23-36(51)24-37(52)25-41(54)59-32(4)30(2)43(29)55/h6-17,19,22,29-40,42-46,49-53,55-58H,18,20-21,23-28,48H2,1-5H3/b7-6+,10-8+,11-9+,14-12+,15-13+,19-16+,22-17+/t29-,30-,31?,32-,33?,34+,35-,36+,37+,38-,39-,40?,42?,43+,44?,45?,46?,47+/m0/s1. The van der Waals surface area contributed by atoms with Crippen molar-refractivity contribution in [3.05, 3.63) is 85.1 Å². The van der Waals surface area contributed by atoms with Crippen LogP contribution in [0, 0.1) is 17.8 Å². The Bertz CT molecular complexity index is 1530. The van der Waals surface area contributed by atoms with Crippen LogP contribution in [0.1, 0.15) is 92.4 Å².